The lowest BCUT2D eigenvalue weighted by Gasteiger charge is -2.09. The lowest BCUT2D eigenvalue weighted by Crippen LogP contribution is -2.00. The summed E-state index contributed by atoms with van der Waals surface area (Å²) in [6.45, 7) is 6.06. The van der Waals surface area contributed by atoms with Gasteiger partial charge in [-0.2, -0.15) is 15.3 Å². The maximum absolute atomic E-state index is 6.29. The Morgan fingerprint density at radius 3 is 1.93 bits per heavy atom. The highest BCUT2D eigenvalue weighted by Crippen LogP contribution is 2.36. The smallest absolute Gasteiger partial charge is 0.0997 e. The van der Waals surface area contributed by atoms with Crippen LogP contribution in [0.4, 0.5) is 0 Å². The van der Waals surface area contributed by atoms with Crippen molar-refractivity contribution >= 4 is 23.2 Å². The van der Waals surface area contributed by atoms with Crippen molar-refractivity contribution in [2.75, 3.05) is 0 Å². The predicted octanol–water partition coefficient (Wildman–Crippen LogP) is 4.91. The number of nitrogens with zero attached hydrogens (tertiary/aromatic N) is 6. The Morgan fingerprint density at radius 2 is 1.39 bits per heavy atom. The molecule has 0 aliphatic heterocycles. The molecular weight excluding hydrogens is 395 g/mol. The van der Waals surface area contributed by atoms with E-state index in [1.807, 2.05) is 61.8 Å². The van der Waals surface area contributed by atoms with Crippen molar-refractivity contribution in [1.29, 1.82) is 0 Å². The molecule has 6 nitrogen and oxygen atoms in total. The van der Waals surface area contributed by atoms with Gasteiger partial charge in [0.05, 0.1) is 38.5 Å². The van der Waals surface area contributed by atoms with Gasteiger partial charge in [0.15, 0.2) is 0 Å². The van der Waals surface area contributed by atoms with Crippen LogP contribution in [0.25, 0.3) is 28.2 Å². The van der Waals surface area contributed by atoms with E-state index in [-0.39, 0.29) is 0 Å². The van der Waals surface area contributed by atoms with Gasteiger partial charge in [-0.3, -0.25) is 9.36 Å². The topological polar surface area (TPSA) is 53.5 Å². The summed E-state index contributed by atoms with van der Waals surface area (Å²) < 4.78 is 5.52. The molecule has 3 heterocycles. The first kappa shape index (κ1) is 18.8. The average Bonchev–Trinajstić information content (AvgIpc) is 3.24. The Hall–Kier alpha value is -2.57. The first-order chi connectivity index (χ1) is 13.3. The molecule has 0 saturated heterocycles. The van der Waals surface area contributed by atoms with Crippen LogP contribution in [0.15, 0.2) is 30.6 Å². The van der Waals surface area contributed by atoms with Gasteiger partial charge in [-0.15, -0.1) is 0 Å². The van der Waals surface area contributed by atoms with E-state index in [1.54, 1.807) is 10.7 Å². The number of hydrogen-bond acceptors (Lipinski definition) is 3. The van der Waals surface area contributed by atoms with Gasteiger partial charge in [-0.05, 0) is 39.0 Å². The number of aryl methyl sites for hydroxylation is 4. The quantitative estimate of drug-likeness (QED) is 0.478. The molecule has 28 heavy (non-hydrogen) atoms. The molecule has 4 rings (SSSR count). The van der Waals surface area contributed by atoms with Crippen LogP contribution < -0.4 is 0 Å². The van der Waals surface area contributed by atoms with Crippen molar-refractivity contribution in [3.8, 4) is 28.2 Å². The third-order valence-corrected chi connectivity index (χ3v) is 5.55. The van der Waals surface area contributed by atoms with Crippen LogP contribution in [0, 0.1) is 20.8 Å². The number of rotatable bonds is 3. The van der Waals surface area contributed by atoms with Gasteiger partial charge in [0.1, 0.15) is 0 Å². The van der Waals surface area contributed by atoms with E-state index in [2.05, 4.69) is 17.1 Å². The highest BCUT2D eigenvalue weighted by Gasteiger charge is 2.23. The third kappa shape index (κ3) is 3.02. The average molecular weight is 415 g/mol. The first-order valence-electron chi connectivity index (χ1n) is 8.82. The number of benzene rings is 1. The zero-order valence-corrected chi connectivity index (χ0v) is 17.8. The van der Waals surface area contributed by atoms with Crippen LogP contribution in [-0.2, 0) is 14.1 Å². The van der Waals surface area contributed by atoms with Crippen LogP contribution in [-0.4, -0.2) is 29.3 Å². The standard InChI is InChI=1S/C20H20Cl2N6/c1-11-19(15-9-26(4)23-12(15)2)25-28(14-6-7-17(21)18(22)8-14)20(11)16-10-27(5)24-13(16)3/h6-10H,1-5H3. The minimum atomic E-state index is 0.486. The normalized spacial score (nSPS) is 11.4. The fraction of sp³-hybridized carbons (Fsp3) is 0.250. The summed E-state index contributed by atoms with van der Waals surface area (Å²) in [7, 11) is 3.83. The molecule has 0 aliphatic rings. The Labute approximate surface area is 173 Å². The molecule has 0 radical (unpaired) electrons. The van der Waals surface area contributed by atoms with Crippen molar-refractivity contribution in [3.05, 3.63) is 57.6 Å². The summed E-state index contributed by atoms with van der Waals surface area (Å²) >= 11 is 12.4. The maximum atomic E-state index is 6.29. The van der Waals surface area contributed by atoms with E-state index in [0.717, 1.165) is 45.2 Å². The van der Waals surface area contributed by atoms with Crippen molar-refractivity contribution in [2.45, 2.75) is 20.8 Å². The molecule has 4 aromatic rings. The van der Waals surface area contributed by atoms with E-state index < -0.39 is 0 Å². The Morgan fingerprint density at radius 1 is 0.786 bits per heavy atom. The molecule has 3 aromatic heterocycles. The number of halogens is 2. The van der Waals surface area contributed by atoms with E-state index in [1.165, 1.54) is 0 Å². The van der Waals surface area contributed by atoms with Gasteiger partial charge in [0, 0.05) is 43.2 Å². The van der Waals surface area contributed by atoms with Crippen LogP contribution in [0.3, 0.4) is 0 Å². The summed E-state index contributed by atoms with van der Waals surface area (Å²) in [4.78, 5) is 0. The zero-order chi connectivity index (χ0) is 20.2. The van der Waals surface area contributed by atoms with Crippen molar-refractivity contribution in [1.82, 2.24) is 29.3 Å². The fourth-order valence-electron chi connectivity index (χ4n) is 3.54. The second kappa shape index (κ2) is 6.79. The van der Waals surface area contributed by atoms with Gasteiger partial charge >= 0.3 is 0 Å². The largest absolute Gasteiger partial charge is 0.275 e. The second-order valence-electron chi connectivity index (χ2n) is 6.94. The van der Waals surface area contributed by atoms with E-state index >= 15 is 0 Å². The van der Waals surface area contributed by atoms with Crippen LogP contribution in [0.2, 0.25) is 10.0 Å². The highest BCUT2D eigenvalue weighted by molar-refractivity contribution is 6.42. The monoisotopic (exact) mass is 414 g/mol. The predicted molar refractivity (Wildman–Crippen MR) is 112 cm³/mol. The van der Waals surface area contributed by atoms with Gasteiger partial charge in [-0.1, -0.05) is 23.2 Å². The van der Waals surface area contributed by atoms with E-state index in [4.69, 9.17) is 28.3 Å². The molecule has 0 bridgehead atoms. The Kier molecular flexibility index (Phi) is 4.56. The van der Waals surface area contributed by atoms with Gasteiger partial charge < -0.3 is 0 Å². The lowest BCUT2D eigenvalue weighted by atomic mass is 10.0. The molecule has 0 aliphatic carbocycles. The van der Waals surface area contributed by atoms with E-state index in [0.29, 0.717) is 10.0 Å². The number of hydrogen-bond donors (Lipinski definition) is 0. The van der Waals surface area contributed by atoms with Gasteiger partial charge in [0.25, 0.3) is 0 Å². The Bertz CT molecular complexity index is 1200. The highest BCUT2D eigenvalue weighted by atomic mass is 35.5. The number of aromatic nitrogens is 6. The SMILES string of the molecule is Cc1nn(C)cc1-c1nn(-c2ccc(Cl)c(Cl)c2)c(-c2cn(C)nc2C)c1C. The molecule has 0 fully saturated rings. The molecule has 0 spiro atoms. The molecule has 8 heteroatoms. The molecule has 144 valence electrons. The minimum Gasteiger partial charge on any atom is -0.275 e. The summed E-state index contributed by atoms with van der Waals surface area (Å²) in [5.41, 5.74) is 7.63. The van der Waals surface area contributed by atoms with Gasteiger partial charge in [0.2, 0.25) is 0 Å². The van der Waals surface area contributed by atoms with Gasteiger partial charge in [-0.25, -0.2) is 4.68 Å². The third-order valence-electron chi connectivity index (χ3n) is 4.81. The van der Waals surface area contributed by atoms with Crippen molar-refractivity contribution < 1.29 is 0 Å². The van der Waals surface area contributed by atoms with Crippen LogP contribution in [0.5, 0.6) is 0 Å². The fourth-order valence-corrected chi connectivity index (χ4v) is 3.83. The van der Waals surface area contributed by atoms with Crippen molar-refractivity contribution in [2.24, 2.45) is 14.1 Å². The minimum absolute atomic E-state index is 0.486. The van der Waals surface area contributed by atoms with E-state index in [9.17, 15) is 0 Å². The lowest BCUT2D eigenvalue weighted by molar-refractivity contribution is 0.756. The first-order valence-corrected chi connectivity index (χ1v) is 9.58. The molecule has 0 saturated carbocycles. The van der Waals surface area contributed by atoms with Crippen LogP contribution in [0.1, 0.15) is 17.0 Å². The second-order valence-corrected chi connectivity index (χ2v) is 7.75. The molecule has 0 atom stereocenters. The summed E-state index contributed by atoms with van der Waals surface area (Å²) in [5, 5.41) is 14.9. The molecule has 0 N–H and O–H groups in total. The molecule has 0 amide bonds. The summed E-state index contributed by atoms with van der Waals surface area (Å²) in [5.74, 6) is 0. The molecular formula is C20H20Cl2N6. The summed E-state index contributed by atoms with van der Waals surface area (Å²) in [6, 6.07) is 5.52. The van der Waals surface area contributed by atoms with Crippen LogP contribution >= 0.6 is 23.2 Å². The zero-order valence-electron chi connectivity index (χ0n) is 16.3. The molecule has 1 aromatic carbocycles. The Balaban J connectivity index is 2.03. The summed E-state index contributed by atoms with van der Waals surface area (Å²) in [6.07, 6.45) is 4.00. The maximum Gasteiger partial charge on any atom is 0.0997 e. The van der Waals surface area contributed by atoms with Crippen molar-refractivity contribution in [3.63, 3.8) is 0 Å². The molecule has 0 unspecified atom stereocenters.